The normalized spacial score (nSPS) is 21.5. The van der Waals surface area contributed by atoms with Crippen molar-refractivity contribution in [2.45, 2.75) is 45.3 Å². The van der Waals surface area contributed by atoms with Crippen LogP contribution in [0.5, 0.6) is 11.6 Å². The lowest BCUT2D eigenvalue weighted by molar-refractivity contribution is -0.385. The number of nitro groups is 1. The number of esters is 3. The van der Waals surface area contributed by atoms with Crippen molar-refractivity contribution < 1.29 is 44.4 Å². The maximum absolute atomic E-state index is 12.9. The number of hydrogen-bond donors (Lipinski definition) is 0. The van der Waals surface area contributed by atoms with Gasteiger partial charge in [0.1, 0.15) is 12.7 Å². The highest BCUT2D eigenvalue weighted by atomic mass is 16.8. The zero-order chi connectivity index (χ0) is 26.6. The Morgan fingerprint density at radius 1 is 1.14 bits per heavy atom. The summed E-state index contributed by atoms with van der Waals surface area (Å²) in [6, 6.07) is 4.85. The Bertz CT molecular complexity index is 1250. The average Bonchev–Trinajstić information content (AvgIpc) is 3.10. The van der Waals surface area contributed by atoms with E-state index in [-0.39, 0.29) is 5.75 Å². The molecule has 0 radical (unpaired) electrons. The van der Waals surface area contributed by atoms with Crippen molar-refractivity contribution in [3.8, 4) is 11.6 Å². The van der Waals surface area contributed by atoms with Crippen LogP contribution in [0.4, 0.5) is 5.69 Å². The minimum absolute atomic E-state index is 0.244. The van der Waals surface area contributed by atoms with Gasteiger partial charge in [-0.2, -0.15) is 4.98 Å². The molecule has 3 rings (SSSR count). The predicted molar refractivity (Wildman–Crippen MR) is 113 cm³/mol. The first-order valence-electron chi connectivity index (χ1n) is 10.6. The largest absolute Gasteiger partial charge is 0.463 e. The summed E-state index contributed by atoms with van der Waals surface area (Å²) >= 11 is 0. The van der Waals surface area contributed by atoms with Crippen molar-refractivity contribution in [1.29, 1.82) is 0 Å². The van der Waals surface area contributed by atoms with Crippen molar-refractivity contribution in [3.05, 3.63) is 57.1 Å². The van der Waals surface area contributed by atoms with E-state index in [9.17, 15) is 29.3 Å². The molecule has 2 aromatic rings. The van der Waals surface area contributed by atoms with Crippen molar-refractivity contribution >= 4 is 23.6 Å². The molecule has 1 aliphatic rings. The SMILES string of the molecule is [2H]c1cn([13C@@H]2O[13C@H]([13CH2]OC(C)=O)[13C@@H](OC(C)=O)[13C@H]2OC(C)=O)c(=O)nc1Oc1ccccc1[N+](=O)[O-]. The summed E-state index contributed by atoms with van der Waals surface area (Å²) in [5, 5.41) is 11.2. The molecule has 0 aliphatic carbocycles. The molecule has 186 valence electrons. The Morgan fingerprint density at radius 3 is 2.43 bits per heavy atom. The van der Waals surface area contributed by atoms with Crippen molar-refractivity contribution in [2.75, 3.05) is 6.61 Å². The fourth-order valence-electron chi connectivity index (χ4n) is 3.31. The topological polar surface area (TPSA) is 175 Å². The number of carbonyl (C=O) groups excluding carboxylic acids is 3. The minimum Gasteiger partial charge on any atom is -0.463 e. The van der Waals surface area contributed by atoms with Gasteiger partial charge in [-0.15, -0.1) is 0 Å². The summed E-state index contributed by atoms with van der Waals surface area (Å²) in [4.78, 5) is 61.8. The highest BCUT2D eigenvalue weighted by Crippen LogP contribution is 2.34. The molecule has 1 aromatic heterocycles. The van der Waals surface area contributed by atoms with Crippen LogP contribution in [-0.4, -0.2) is 57.3 Å². The molecule has 0 amide bonds. The second-order valence-electron chi connectivity index (χ2n) is 7.22. The maximum atomic E-state index is 12.9. The van der Waals surface area contributed by atoms with E-state index in [0.29, 0.717) is 0 Å². The average molecular weight is 497 g/mol. The van der Waals surface area contributed by atoms with Gasteiger partial charge in [-0.1, -0.05) is 12.1 Å². The summed E-state index contributed by atoms with van der Waals surface area (Å²) in [6.45, 7) is 2.94. The first kappa shape index (κ1) is 23.8. The Kier molecular flexibility index (Phi) is 7.30. The standard InChI is InChI=1S/C21H21N3O11/c1-11(25)31-10-16-18(32-12(2)26)19(33-13(3)27)20(35-16)23-9-8-17(22-21(23)28)34-15-7-5-4-6-14(15)24(29)30/h4-9,16,18-20H,10H2,1-3H3/t16-,18-,19-,20-/m1/s1/i8D,10+1,16+1,18+1,19+1,20+1. The molecular formula is C21H21N3O11. The number of nitro benzene ring substituents is 1. The van der Waals surface area contributed by atoms with Crippen LogP contribution < -0.4 is 10.4 Å². The lowest BCUT2D eigenvalue weighted by atomic mass is 10.3. The van der Waals surface area contributed by atoms with E-state index in [1.54, 1.807) is 0 Å². The fraction of sp³-hybridized carbons (Fsp3) is 0.381. The molecule has 1 saturated heterocycles. The molecule has 1 aliphatic heterocycles. The molecule has 0 spiro atoms. The second kappa shape index (κ2) is 10.7. The van der Waals surface area contributed by atoms with Gasteiger partial charge in [0.15, 0.2) is 18.4 Å². The van der Waals surface area contributed by atoms with Crippen LogP contribution >= 0.6 is 0 Å². The highest BCUT2D eigenvalue weighted by molar-refractivity contribution is 5.68. The number of carbonyl (C=O) groups is 3. The zero-order valence-corrected chi connectivity index (χ0v) is 18.7. The molecule has 0 bridgehead atoms. The second-order valence-corrected chi connectivity index (χ2v) is 7.22. The smallest absolute Gasteiger partial charge is 0.353 e. The van der Waals surface area contributed by atoms with Crippen molar-refractivity contribution in [3.63, 3.8) is 0 Å². The Balaban J connectivity index is 1.99. The quantitative estimate of drug-likeness (QED) is 0.168. The predicted octanol–water partition coefficient (Wildman–Crippen LogP) is 1.27. The summed E-state index contributed by atoms with van der Waals surface area (Å²) in [5.74, 6) is -2.97. The van der Waals surface area contributed by atoms with Gasteiger partial charge in [-0.3, -0.25) is 29.1 Å². The molecule has 1 fully saturated rings. The molecule has 1 aromatic carbocycles. The van der Waals surface area contributed by atoms with Gasteiger partial charge in [-0.05, 0) is 6.07 Å². The van der Waals surface area contributed by atoms with E-state index < -0.39 is 77.3 Å². The molecular weight excluding hydrogens is 475 g/mol. The third-order valence-electron chi connectivity index (χ3n) is 4.63. The molecule has 35 heavy (non-hydrogen) atoms. The van der Waals surface area contributed by atoms with Crippen LogP contribution in [0, 0.1) is 10.1 Å². The highest BCUT2D eigenvalue weighted by Gasteiger charge is 2.51. The van der Waals surface area contributed by atoms with Gasteiger partial charge in [0, 0.05) is 39.1 Å². The molecule has 0 N–H and O–H groups in total. The maximum Gasteiger partial charge on any atom is 0.353 e. The minimum atomic E-state index is -1.43. The van der Waals surface area contributed by atoms with Crippen LogP contribution in [-0.2, 0) is 33.3 Å². The van der Waals surface area contributed by atoms with Gasteiger partial charge in [0.2, 0.25) is 11.6 Å². The van der Waals surface area contributed by atoms with Crippen LogP contribution in [0.15, 0.2) is 41.3 Å². The first-order valence-corrected chi connectivity index (χ1v) is 10.1. The van der Waals surface area contributed by atoms with E-state index in [2.05, 4.69) is 4.98 Å². The summed E-state index contributed by atoms with van der Waals surface area (Å²) < 4.78 is 35.5. The molecule has 0 unspecified atom stereocenters. The number of para-hydroxylation sites is 2. The van der Waals surface area contributed by atoms with Crippen molar-refractivity contribution in [2.24, 2.45) is 0 Å². The van der Waals surface area contributed by atoms with Crippen LogP contribution in [0.3, 0.4) is 0 Å². The summed E-state index contributed by atoms with van der Waals surface area (Å²) in [5.41, 5.74) is -1.44. The lowest BCUT2D eigenvalue weighted by Gasteiger charge is -2.23. The first-order chi connectivity index (χ1) is 17.0. The van der Waals surface area contributed by atoms with Gasteiger partial charge in [0.05, 0.1) is 6.29 Å². The molecule has 4 atom stereocenters. The Morgan fingerprint density at radius 2 is 1.80 bits per heavy atom. The van der Waals surface area contributed by atoms with Gasteiger partial charge < -0.3 is 23.7 Å². The van der Waals surface area contributed by atoms with E-state index in [4.69, 9.17) is 25.1 Å². The number of aromatic nitrogens is 2. The fourth-order valence-corrected chi connectivity index (χ4v) is 3.31. The molecule has 14 nitrogen and oxygen atoms in total. The monoisotopic (exact) mass is 497 g/mol. The number of ether oxygens (including phenoxy) is 5. The van der Waals surface area contributed by atoms with Crippen LogP contribution in [0.1, 0.15) is 28.4 Å². The Labute approximate surface area is 198 Å². The summed E-state index contributed by atoms with van der Waals surface area (Å²) in [7, 11) is 0. The van der Waals surface area contributed by atoms with E-state index >= 15 is 0 Å². The molecule has 14 heteroatoms. The summed E-state index contributed by atoms with van der Waals surface area (Å²) in [6.07, 6.45) is -4.23. The van der Waals surface area contributed by atoms with E-state index in [0.717, 1.165) is 31.5 Å². The molecule has 2 heterocycles. The van der Waals surface area contributed by atoms with E-state index in [1.165, 1.54) is 24.3 Å². The lowest BCUT2D eigenvalue weighted by Crippen LogP contribution is -2.41. The van der Waals surface area contributed by atoms with Gasteiger partial charge in [-0.25, -0.2) is 4.79 Å². The zero-order valence-electron chi connectivity index (χ0n) is 19.7. The van der Waals surface area contributed by atoms with Gasteiger partial charge >= 0.3 is 29.3 Å². The van der Waals surface area contributed by atoms with Crippen molar-refractivity contribution in [1.82, 2.24) is 9.55 Å². The third-order valence-corrected chi connectivity index (χ3v) is 4.63. The van der Waals surface area contributed by atoms with Gasteiger partial charge in [0.25, 0.3) is 0 Å². The van der Waals surface area contributed by atoms with Crippen LogP contribution in [0.2, 0.25) is 0 Å². The number of benzene rings is 1. The van der Waals surface area contributed by atoms with Crippen LogP contribution in [0.25, 0.3) is 0 Å². The number of hydrogen-bond acceptors (Lipinski definition) is 12. The molecule has 0 saturated carbocycles. The number of rotatable bonds is 8. The third kappa shape index (κ3) is 6.17. The Hall–Kier alpha value is -4.33. The number of nitrogens with zero attached hydrogens (tertiary/aromatic N) is 3. The van der Waals surface area contributed by atoms with E-state index in [1.807, 2.05) is 0 Å².